The van der Waals surface area contributed by atoms with Gasteiger partial charge in [0, 0.05) is 43.0 Å². The van der Waals surface area contributed by atoms with Crippen molar-refractivity contribution in [2.75, 3.05) is 5.73 Å². The Morgan fingerprint density at radius 2 is 1.92 bits per heavy atom. The van der Waals surface area contributed by atoms with Gasteiger partial charge in [-0.15, -0.1) is 5.10 Å². The summed E-state index contributed by atoms with van der Waals surface area (Å²) in [5.41, 5.74) is 12.0. The van der Waals surface area contributed by atoms with E-state index in [4.69, 9.17) is 10.7 Å². The van der Waals surface area contributed by atoms with Gasteiger partial charge in [-0.2, -0.15) is 5.10 Å². The predicted octanol–water partition coefficient (Wildman–Crippen LogP) is 3.55. The molecule has 190 valence electrons. The lowest BCUT2D eigenvalue weighted by atomic mass is 9.99. The van der Waals surface area contributed by atoms with Gasteiger partial charge in [0.15, 0.2) is 11.5 Å². The Morgan fingerprint density at radius 3 is 2.72 bits per heavy atom. The van der Waals surface area contributed by atoms with Crippen molar-refractivity contribution < 1.29 is 4.79 Å². The molecule has 6 rings (SSSR count). The topological polar surface area (TPSA) is 129 Å². The predicted molar refractivity (Wildman–Crippen MR) is 147 cm³/mol. The van der Waals surface area contributed by atoms with Crippen molar-refractivity contribution in [3.8, 4) is 23.1 Å². The fourth-order valence-electron chi connectivity index (χ4n) is 4.44. The molecule has 0 saturated heterocycles. The van der Waals surface area contributed by atoms with Gasteiger partial charge in [-0.3, -0.25) is 14.5 Å². The molecule has 0 bridgehead atoms. The molecule has 0 radical (unpaired) electrons. The lowest BCUT2D eigenvalue weighted by molar-refractivity contribution is 0.0942. The van der Waals surface area contributed by atoms with Gasteiger partial charge < -0.3 is 11.1 Å². The maximum atomic E-state index is 13.4. The summed E-state index contributed by atoms with van der Waals surface area (Å²) in [5.74, 6) is 6.09. The average Bonchev–Trinajstić information content (AvgIpc) is 3.52. The molecule has 5 heterocycles. The number of nitrogens with two attached hydrogens (primary N) is 1. The highest BCUT2D eigenvalue weighted by molar-refractivity contribution is 6.04. The van der Waals surface area contributed by atoms with Crippen LogP contribution in [0.2, 0.25) is 0 Å². The number of nitrogens with one attached hydrogen (secondary N) is 1. The van der Waals surface area contributed by atoms with Crippen LogP contribution in [0.25, 0.3) is 27.9 Å². The standard InChI is InChI=1S/C29H23N9O/c1-18(34-29(39)24-27(30)36-38-14-6-12-32-28(24)38)22-15-23-26(35-25(22)20-7-4-3-5-8-20)21(11-13-31-23)10-9-19-16-33-37(2)17-19/h3-8,11-18H,1-2H3,(H2,30,36)(H,34,39)/t18-/m1/s1. The first-order chi connectivity index (χ1) is 19.0. The Balaban J connectivity index is 1.43. The van der Waals surface area contributed by atoms with Gasteiger partial charge in [0.2, 0.25) is 0 Å². The molecule has 6 aromatic rings. The van der Waals surface area contributed by atoms with E-state index >= 15 is 0 Å². The van der Waals surface area contributed by atoms with Gasteiger partial charge >= 0.3 is 0 Å². The van der Waals surface area contributed by atoms with Gasteiger partial charge in [0.1, 0.15) is 11.1 Å². The minimum absolute atomic E-state index is 0.108. The molecule has 1 amide bonds. The van der Waals surface area contributed by atoms with Crippen LogP contribution < -0.4 is 11.1 Å². The van der Waals surface area contributed by atoms with E-state index in [2.05, 4.69) is 37.3 Å². The molecule has 1 atom stereocenters. The highest BCUT2D eigenvalue weighted by Gasteiger charge is 2.23. The summed E-state index contributed by atoms with van der Waals surface area (Å²) in [7, 11) is 1.85. The second-order valence-corrected chi connectivity index (χ2v) is 9.01. The number of hydrogen-bond acceptors (Lipinski definition) is 7. The van der Waals surface area contributed by atoms with Crippen molar-refractivity contribution in [1.29, 1.82) is 0 Å². The van der Waals surface area contributed by atoms with Crippen LogP contribution in [0.15, 0.2) is 79.5 Å². The molecule has 3 N–H and O–H groups in total. The summed E-state index contributed by atoms with van der Waals surface area (Å²) >= 11 is 0. The minimum atomic E-state index is -0.436. The number of fused-ring (bicyclic) bond motifs is 2. The van der Waals surface area contributed by atoms with Crippen molar-refractivity contribution in [2.24, 2.45) is 7.05 Å². The Kier molecular flexibility index (Phi) is 5.93. The number of pyridine rings is 2. The van der Waals surface area contributed by atoms with Crippen LogP contribution in [-0.2, 0) is 7.05 Å². The second kappa shape index (κ2) is 9.72. The fraction of sp³-hybridized carbons (Fsp3) is 0.103. The lowest BCUT2D eigenvalue weighted by Crippen LogP contribution is -2.28. The highest BCUT2D eigenvalue weighted by Crippen LogP contribution is 2.31. The van der Waals surface area contributed by atoms with E-state index in [0.29, 0.717) is 16.7 Å². The van der Waals surface area contributed by atoms with Crippen molar-refractivity contribution in [3.05, 3.63) is 102 Å². The molecular formula is C29H23N9O. The highest BCUT2D eigenvalue weighted by atomic mass is 16.1. The summed E-state index contributed by atoms with van der Waals surface area (Å²) in [6.07, 6.45) is 8.57. The monoisotopic (exact) mass is 513 g/mol. The molecule has 5 aromatic heterocycles. The molecule has 39 heavy (non-hydrogen) atoms. The number of hydrogen-bond donors (Lipinski definition) is 2. The molecule has 10 nitrogen and oxygen atoms in total. The number of rotatable bonds is 4. The van der Waals surface area contributed by atoms with Gasteiger partial charge in [0.05, 0.1) is 34.6 Å². The Bertz CT molecular complexity index is 1910. The smallest absolute Gasteiger partial charge is 0.259 e. The van der Waals surface area contributed by atoms with Gasteiger partial charge in [-0.1, -0.05) is 42.2 Å². The third kappa shape index (κ3) is 4.53. The zero-order valence-electron chi connectivity index (χ0n) is 21.2. The van der Waals surface area contributed by atoms with E-state index in [9.17, 15) is 4.79 Å². The number of carbonyl (C=O) groups is 1. The number of carbonyl (C=O) groups excluding carboxylic acids is 1. The van der Waals surface area contributed by atoms with E-state index in [1.165, 1.54) is 4.52 Å². The van der Waals surface area contributed by atoms with E-state index < -0.39 is 6.04 Å². The summed E-state index contributed by atoms with van der Waals surface area (Å²) < 4.78 is 3.19. The first kappa shape index (κ1) is 23.8. The van der Waals surface area contributed by atoms with Crippen LogP contribution in [0.3, 0.4) is 0 Å². The Hall–Kier alpha value is -5.56. The third-order valence-corrected chi connectivity index (χ3v) is 6.30. The fourth-order valence-corrected chi connectivity index (χ4v) is 4.44. The summed E-state index contributed by atoms with van der Waals surface area (Å²) in [4.78, 5) is 27.2. The zero-order valence-corrected chi connectivity index (χ0v) is 21.2. The first-order valence-electron chi connectivity index (χ1n) is 12.2. The van der Waals surface area contributed by atoms with Gasteiger partial charge in [-0.05, 0) is 25.1 Å². The molecule has 1 aromatic carbocycles. The zero-order chi connectivity index (χ0) is 26.9. The Labute approximate surface area is 223 Å². The van der Waals surface area contributed by atoms with Crippen LogP contribution in [0.4, 0.5) is 5.82 Å². The van der Waals surface area contributed by atoms with E-state index in [1.807, 2.05) is 62.6 Å². The number of aromatic nitrogens is 7. The number of nitrogen functional groups attached to an aromatic ring is 1. The second-order valence-electron chi connectivity index (χ2n) is 9.01. The molecule has 0 aliphatic carbocycles. The third-order valence-electron chi connectivity index (χ3n) is 6.30. The molecule has 10 heteroatoms. The molecule has 0 unspecified atom stereocenters. The maximum absolute atomic E-state index is 13.4. The summed E-state index contributed by atoms with van der Waals surface area (Å²) in [6.45, 7) is 1.90. The first-order valence-corrected chi connectivity index (χ1v) is 12.2. The van der Waals surface area contributed by atoms with Crippen LogP contribution in [0.1, 0.15) is 40.0 Å². The number of aryl methyl sites for hydroxylation is 1. The number of nitrogens with zero attached hydrogens (tertiary/aromatic N) is 7. The van der Waals surface area contributed by atoms with Gasteiger partial charge in [-0.25, -0.2) is 14.5 Å². The van der Waals surface area contributed by atoms with E-state index in [-0.39, 0.29) is 17.3 Å². The SMILES string of the molecule is C[C@@H](NC(=O)c1c(N)nn2cccnc12)c1cc2nccc(C#Cc3cnn(C)c3)c2nc1-c1ccccc1. The van der Waals surface area contributed by atoms with Crippen LogP contribution in [-0.4, -0.2) is 40.3 Å². The molecule has 0 aliphatic heterocycles. The summed E-state index contributed by atoms with van der Waals surface area (Å²) in [5, 5.41) is 11.4. The normalized spacial score (nSPS) is 11.7. The lowest BCUT2D eigenvalue weighted by Gasteiger charge is -2.19. The van der Waals surface area contributed by atoms with E-state index in [1.54, 1.807) is 35.5 Å². The minimum Gasteiger partial charge on any atom is -0.381 e. The molecule has 0 saturated carbocycles. The number of amides is 1. The quantitative estimate of drug-likeness (QED) is 0.345. The van der Waals surface area contributed by atoms with Gasteiger partial charge in [0.25, 0.3) is 5.91 Å². The van der Waals surface area contributed by atoms with Crippen molar-refractivity contribution in [2.45, 2.75) is 13.0 Å². The number of benzene rings is 1. The van der Waals surface area contributed by atoms with Crippen LogP contribution in [0, 0.1) is 11.8 Å². The van der Waals surface area contributed by atoms with E-state index in [0.717, 1.165) is 27.9 Å². The average molecular weight is 514 g/mol. The van der Waals surface area contributed by atoms with Crippen molar-refractivity contribution in [3.63, 3.8) is 0 Å². The Morgan fingerprint density at radius 1 is 1.08 bits per heavy atom. The summed E-state index contributed by atoms with van der Waals surface area (Å²) in [6, 6.07) is 14.9. The molecule has 0 spiro atoms. The van der Waals surface area contributed by atoms with Crippen LogP contribution >= 0.6 is 0 Å². The maximum Gasteiger partial charge on any atom is 0.259 e. The molecular weight excluding hydrogens is 490 g/mol. The van der Waals surface area contributed by atoms with Crippen molar-refractivity contribution in [1.82, 2.24) is 39.7 Å². The van der Waals surface area contributed by atoms with Crippen LogP contribution in [0.5, 0.6) is 0 Å². The molecule has 0 aliphatic rings. The van der Waals surface area contributed by atoms with Crippen molar-refractivity contribution >= 4 is 28.4 Å². The number of anilines is 1. The largest absolute Gasteiger partial charge is 0.381 e. The molecule has 0 fully saturated rings.